The molecule has 0 fully saturated rings. The molecule has 1 atom stereocenters. The minimum Gasteiger partial charge on any atom is -0.478 e. The summed E-state index contributed by atoms with van der Waals surface area (Å²) in [5.41, 5.74) is 0. The summed E-state index contributed by atoms with van der Waals surface area (Å²) in [5.74, 6) is -2.20. The first kappa shape index (κ1) is 12.6. The Morgan fingerprint density at radius 3 is 2.50 bits per heavy atom. The summed E-state index contributed by atoms with van der Waals surface area (Å²) >= 11 is 0. The van der Waals surface area contributed by atoms with Gasteiger partial charge in [0.05, 0.1) is 0 Å². The predicted octanol–water partition coefficient (Wildman–Crippen LogP) is -0.739. The second kappa shape index (κ2) is 7.05. The monoisotopic (exact) mass is 204 g/mol. The molecule has 3 N–H and O–H groups in total. The van der Waals surface area contributed by atoms with Crippen molar-refractivity contribution in [3.8, 4) is 0 Å². The van der Waals surface area contributed by atoms with Crippen LogP contribution in [0, 0.1) is 0 Å². The first-order valence-electron chi connectivity index (χ1n) is 3.97. The van der Waals surface area contributed by atoms with Gasteiger partial charge in [-0.3, -0.25) is 0 Å². The highest BCUT2D eigenvalue weighted by atomic mass is 16.6. The number of carbonyl (C=O) groups is 2. The minimum atomic E-state index is -1.31. The zero-order valence-corrected chi connectivity index (χ0v) is 7.42. The zero-order chi connectivity index (χ0) is 11.0. The SMILES string of the molecule is O=C(O)/C=C/C(=O)OC(O)CCCO. The van der Waals surface area contributed by atoms with Gasteiger partial charge in [0.15, 0.2) is 0 Å². The molecule has 0 aliphatic heterocycles. The summed E-state index contributed by atoms with van der Waals surface area (Å²) in [6, 6.07) is 0. The van der Waals surface area contributed by atoms with Crippen LogP contribution in [0.15, 0.2) is 12.2 Å². The van der Waals surface area contributed by atoms with E-state index in [0.717, 1.165) is 0 Å². The molecule has 0 aromatic carbocycles. The van der Waals surface area contributed by atoms with E-state index in [1.54, 1.807) is 0 Å². The molecule has 0 amide bonds. The molecule has 0 aromatic heterocycles. The van der Waals surface area contributed by atoms with Crippen LogP contribution < -0.4 is 0 Å². The van der Waals surface area contributed by atoms with Gasteiger partial charge in [0, 0.05) is 25.2 Å². The maximum atomic E-state index is 10.7. The molecule has 0 saturated heterocycles. The van der Waals surface area contributed by atoms with Gasteiger partial charge in [-0.15, -0.1) is 0 Å². The summed E-state index contributed by atoms with van der Waals surface area (Å²) in [4.78, 5) is 20.7. The average molecular weight is 204 g/mol. The molecule has 6 heteroatoms. The maximum absolute atomic E-state index is 10.7. The van der Waals surface area contributed by atoms with Crippen LogP contribution >= 0.6 is 0 Å². The van der Waals surface area contributed by atoms with E-state index < -0.39 is 18.2 Å². The Hall–Kier alpha value is -1.40. The van der Waals surface area contributed by atoms with Crippen LogP contribution in [0.5, 0.6) is 0 Å². The molecule has 0 bridgehead atoms. The lowest BCUT2D eigenvalue weighted by atomic mass is 10.3. The van der Waals surface area contributed by atoms with Crippen LogP contribution in [-0.2, 0) is 14.3 Å². The summed E-state index contributed by atoms with van der Waals surface area (Å²) in [7, 11) is 0. The molecule has 0 aliphatic carbocycles. The molecule has 0 heterocycles. The number of hydrogen-bond acceptors (Lipinski definition) is 5. The van der Waals surface area contributed by atoms with E-state index in [1.807, 2.05) is 0 Å². The third kappa shape index (κ3) is 7.26. The van der Waals surface area contributed by atoms with Crippen molar-refractivity contribution in [3.63, 3.8) is 0 Å². The predicted molar refractivity (Wildman–Crippen MR) is 45.2 cm³/mol. The van der Waals surface area contributed by atoms with Gasteiger partial charge < -0.3 is 20.1 Å². The molecule has 0 spiro atoms. The van der Waals surface area contributed by atoms with Crippen molar-refractivity contribution in [3.05, 3.63) is 12.2 Å². The van der Waals surface area contributed by atoms with E-state index in [9.17, 15) is 9.59 Å². The van der Waals surface area contributed by atoms with E-state index in [4.69, 9.17) is 15.3 Å². The van der Waals surface area contributed by atoms with Gasteiger partial charge in [-0.25, -0.2) is 9.59 Å². The summed E-state index contributed by atoms with van der Waals surface area (Å²) in [5, 5.41) is 25.5. The highest BCUT2D eigenvalue weighted by Gasteiger charge is 2.07. The van der Waals surface area contributed by atoms with Gasteiger partial charge in [0.1, 0.15) is 0 Å². The minimum absolute atomic E-state index is 0.112. The van der Waals surface area contributed by atoms with E-state index in [1.165, 1.54) is 0 Å². The van der Waals surface area contributed by atoms with Crippen molar-refractivity contribution in [2.24, 2.45) is 0 Å². The largest absolute Gasteiger partial charge is 0.478 e. The van der Waals surface area contributed by atoms with Crippen LogP contribution in [-0.4, -0.2) is 40.2 Å². The molecular formula is C8H12O6. The van der Waals surface area contributed by atoms with Crippen molar-refractivity contribution in [2.45, 2.75) is 19.1 Å². The van der Waals surface area contributed by atoms with Crippen LogP contribution in [0.25, 0.3) is 0 Å². The number of rotatable bonds is 6. The average Bonchev–Trinajstić information content (AvgIpc) is 2.11. The van der Waals surface area contributed by atoms with Gasteiger partial charge in [0.2, 0.25) is 6.29 Å². The van der Waals surface area contributed by atoms with E-state index in [-0.39, 0.29) is 13.0 Å². The van der Waals surface area contributed by atoms with Gasteiger partial charge in [-0.1, -0.05) is 0 Å². The second-order valence-corrected chi connectivity index (χ2v) is 2.43. The molecule has 80 valence electrons. The Balaban J connectivity index is 3.76. The topological polar surface area (TPSA) is 104 Å². The lowest BCUT2D eigenvalue weighted by Crippen LogP contribution is -2.16. The van der Waals surface area contributed by atoms with Crippen LogP contribution in [0.2, 0.25) is 0 Å². The number of aliphatic carboxylic acids is 1. The summed E-state index contributed by atoms with van der Waals surface area (Å²) < 4.78 is 4.36. The Labute approximate surface area is 80.4 Å². The zero-order valence-electron chi connectivity index (χ0n) is 7.42. The summed E-state index contributed by atoms with van der Waals surface area (Å²) in [6.07, 6.45) is 0.416. The molecule has 0 aromatic rings. The quantitative estimate of drug-likeness (QED) is 0.299. The smallest absolute Gasteiger partial charge is 0.333 e. The molecule has 14 heavy (non-hydrogen) atoms. The number of aliphatic hydroxyl groups is 2. The number of ether oxygens (including phenoxy) is 1. The fourth-order valence-corrected chi connectivity index (χ4v) is 0.638. The van der Waals surface area contributed by atoms with E-state index in [0.29, 0.717) is 18.6 Å². The Morgan fingerprint density at radius 1 is 1.36 bits per heavy atom. The molecule has 1 unspecified atom stereocenters. The molecular weight excluding hydrogens is 192 g/mol. The fraction of sp³-hybridized carbons (Fsp3) is 0.500. The standard InChI is InChI=1S/C8H12O6/c9-5-1-2-7(12)14-8(13)4-3-6(10)11/h3-4,7,9,12H,1-2,5H2,(H,10,11)/b4-3+. The lowest BCUT2D eigenvalue weighted by molar-refractivity contribution is -0.163. The van der Waals surface area contributed by atoms with Crippen LogP contribution in [0.4, 0.5) is 0 Å². The Bertz CT molecular complexity index is 222. The fourth-order valence-electron chi connectivity index (χ4n) is 0.638. The van der Waals surface area contributed by atoms with Crippen molar-refractivity contribution in [1.82, 2.24) is 0 Å². The first-order chi connectivity index (χ1) is 6.56. The number of carboxylic acid groups (broad SMARTS) is 1. The number of esters is 1. The van der Waals surface area contributed by atoms with Gasteiger partial charge in [0.25, 0.3) is 0 Å². The summed E-state index contributed by atoms with van der Waals surface area (Å²) in [6.45, 7) is -0.112. The first-order valence-corrected chi connectivity index (χ1v) is 3.97. The normalized spacial score (nSPS) is 12.7. The van der Waals surface area contributed by atoms with Crippen molar-refractivity contribution >= 4 is 11.9 Å². The Kier molecular flexibility index (Phi) is 6.34. The number of carboxylic acids is 1. The van der Waals surface area contributed by atoms with Crippen molar-refractivity contribution < 1.29 is 29.6 Å². The molecule has 0 aliphatic rings. The lowest BCUT2D eigenvalue weighted by Gasteiger charge is -2.08. The number of carbonyl (C=O) groups excluding carboxylic acids is 1. The van der Waals surface area contributed by atoms with E-state index in [2.05, 4.69) is 4.74 Å². The third-order valence-electron chi connectivity index (χ3n) is 1.22. The van der Waals surface area contributed by atoms with Gasteiger partial charge in [-0.05, 0) is 6.42 Å². The van der Waals surface area contributed by atoms with Gasteiger partial charge in [-0.2, -0.15) is 0 Å². The van der Waals surface area contributed by atoms with Crippen LogP contribution in [0.1, 0.15) is 12.8 Å². The van der Waals surface area contributed by atoms with Gasteiger partial charge >= 0.3 is 11.9 Å². The maximum Gasteiger partial charge on any atom is 0.333 e. The highest BCUT2D eigenvalue weighted by Crippen LogP contribution is 1.98. The Morgan fingerprint density at radius 2 is 2.00 bits per heavy atom. The van der Waals surface area contributed by atoms with Crippen LogP contribution in [0.3, 0.4) is 0 Å². The van der Waals surface area contributed by atoms with Crippen molar-refractivity contribution in [1.29, 1.82) is 0 Å². The van der Waals surface area contributed by atoms with E-state index >= 15 is 0 Å². The second-order valence-electron chi connectivity index (χ2n) is 2.43. The number of hydrogen-bond donors (Lipinski definition) is 3. The molecule has 0 rings (SSSR count). The van der Waals surface area contributed by atoms with Crippen molar-refractivity contribution in [2.75, 3.05) is 6.61 Å². The third-order valence-corrected chi connectivity index (χ3v) is 1.22. The number of aliphatic hydroxyl groups excluding tert-OH is 2. The molecule has 6 nitrogen and oxygen atoms in total. The molecule has 0 saturated carbocycles. The highest BCUT2D eigenvalue weighted by molar-refractivity contribution is 5.90. The molecule has 0 radical (unpaired) electrons.